The summed E-state index contributed by atoms with van der Waals surface area (Å²) in [5, 5.41) is 13.2. The van der Waals surface area contributed by atoms with E-state index < -0.39 is 5.91 Å². The van der Waals surface area contributed by atoms with E-state index in [4.69, 9.17) is 4.74 Å². The molecule has 0 aliphatic carbocycles. The third-order valence-electron chi connectivity index (χ3n) is 4.23. The van der Waals surface area contributed by atoms with Crippen LogP contribution in [0.3, 0.4) is 0 Å². The number of nitriles is 1. The summed E-state index contributed by atoms with van der Waals surface area (Å²) in [6.45, 7) is 2.09. The Bertz CT molecular complexity index is 1030. The number of aryl methyl sites for hydroxylation is 1. The van der Waals surface area contributed by atoms with Gasteiger partial charge in [0.1, 0.15) is 17.4 Å². The fraction of sp³-hybridized carbons (Fsp3) is 0.143. The molecular formula is C21H19N3O2. The number of hydrogen-bond acceptors (Lipinski definition) is 3. The van der Waals surface area contributed by atoms with Crippen molar-refractivity contribution in [2.45, 2.75) is 13.3 Å². The number of nitrogens with zero attached hydrogens (tertiary/aromatic N) is 1. The topological polar surface area (TPSA) is 77.9 Å². The fourth-order valence-corrected chi connectivity index (χ4v) is 2.89. The molecule has 0 atom stereocenters. The van der Waals surface area contributed by atoms with Gasteiger partial charge in [0.05, 0.1) is 12.8 Å². The number of hydrogen-bond donors (Lipinski definition) is 2. The molecule has 0 radical (unpaired) electrons. The van der Waals surface area contributed by atoms with Crippen LogP contribution in [0.15, 0.2) is 54.2 Å². The highest BCUT2D eigenvalue weighted by molar-refractivity contribution is 6.11. The predicted molar refractivity (Wildman–Crippen MR) is 103 cm³/mol. The number of nitrogens with one attached hydrogen (secondary N) is 2. The van der Waals surface area contributed by atoms with Gasteiger partial charge < -0.3 is 15.0 Å². The number of fused-ring (bicyclic) bond motifs is 1. The molecule has 0 unspecified atom stereocenters. The molecule has 1 heterocycles. The number of aromatic nitrogens is 1. The average molecular weight is 345 g/mol. The van der Waals surface area contributed by atoms with Crippen LogP contribution in [0, 0.1) is 11.3 Å². The number of carbonyl (C=O) groups is 1. The molecule has 1 aromatic heterocycles. The Balaban J connectivity index is 1.94. The lowest BCUT2D eigenvalue weighted by Crippen LogP contribution is -2.14. The first-order chi connectivity index (χ1) is 12.7. The quantitative estimate of drug-likeness (QED) is 0.535. The minimum absolute atomic E-state index is 0.0266. The van der Waals surface area contributed by atoms with Crippen molar-refractivity contribution in [1.29, 1.82) is 5.26 Å². The van der Waals surface area contributed by atoms with Crippen LogP contribution in [0.2, 0.25) is 0 Å². The number of amides is 1. The summed E-state index contributed by atoms with van der Waals surface area (Å²) >= 11 is 0. The highest BCUT2D eigenvalue weighted by atomic mass is 16.5. The van der Waals surface area contributed by atoms with E-state index in [2.05, 4.69) is 23.3 Å². The number of H-pyrrole nitrogens is 1. The molecule has 0 aliphatic rings. The maximum absolute atomic E-state index is 12.5. The molecule has 2 aromatic carbocycles. The van der Waals surface area contributed by atoms with Crippen molar-refractivity contribution in [2.24, 2.45) is 0 Å². The first kappa shape index (κ1) is 17.3. The molecule has 5 heteroatoms. The van der Waals surface area contributed by atoms with Crippen LogP contribution < -0.4 is 10.1 Å². The first-order valence-electron chi connectivity index (χ1n) is 8.33. The van der Waals surface area contributed by atoms with Crippen molar-refractivity contribution in [3.05, 3.63) is 65.4 Å². The Hall–Kier alpha value is -3.52. The van der Waals surface area contributed by atoms with Crippen LogP contribution in [0.25, 0.3) is 17.0 Å². The predicted octanol–water partition coefficient (Wildman–Crippen LogP) is 4.28. The minimum atomic E-state index is -0.474. The Morgan fingerprint density at radius 3 is 2.81 bits per heavy atom. The zero-order valence-electron chi connectivity index (χ0n) is 14.7. The molecule has 0 fully saturated rings. The van der Waals surface area contributed by atoms with Crippen molar-refractivity contribution in [3.8, 4) is 11.8 Å². The van der Waals surface area contributed by atoms with Crippen molar-refractivity contribution in [1.82, 2.24) is 4.98 Å². The van der Waals surface area contributed by atoms with Crippen molar-refractivity contribution in [3.63, 3.8) is 0 Å². The van der Waals surface area contributed by atoms with Gasteiger partial charge in [-0.15, -0.1) is 0 Å². The molecule has 0 saturated heterocycles. The van der Waals surface area contributed by atoms with Crippen LogP contribution in [0.5, 0.6) is 5.75 Å². The highest BCUT2D eigenvalue weighted by Crippen LogP contribution is 2.26. The van der Waals surface area contributed by atoms with Gasteiger partial charge in [-0.1, -0.05) is 37.3 Å². The van der Waals surface area contributed by atoms with Crippen LogP contribution in [-0.2, 0) is 11.2 Å². The summed E-state index contributed by atoms with van der Waals surface area (Å²) in [4.78, 5) is 15.8. The zero-order chi connectivity index (χ0) is 18.5. The molecule has 2 N–H and O–H groups in total. The lowest BCUT2D eigenvalue weighted by molar-refractivity contribution is -0.112. The van der Waals surface area contributed by atoms with Crippen LogP contribution in [-0.4, -0.2) is 18.0 Å². The fourth-order valence-electron chi connectivity index (χ4n) is 2.89. The van der Waals surface area contributed by atoms with Gasteiger partial charge in [-0.05, 0) is 30.2 Å². The molecule has 1 amide bonds. The summed E-state index contributed by atoms with van der Waals surface area (Å²) in [5.41, 5.74) is 3.58. The maximum atomic E-state index is 12.5. The number of methoxy groups -OCH3 is 1. The van der Waals surface area contributed by atoms with Crippen LogP contribution in [0.1, 0.15) is 18.1 Å². The van der Waals surface area contributed by atoms with E-state index >= 15 is 0 Å². The van der Waals surface area contributed by atoms with Crippen LogP contribution >= 0.6 is 0 Å². The monoisotopic (exact) mass is 345 g/mol. The van der Waals surface area contributed by atoms with E-state index in [-0.39, 0.29) is 5.57 Å². The van der Waals surface area contributed by atoms with E-state index in [0.717, 1.165) is 22.9 Å². The van der Waals surface area contributed by atoms with Gasteiger partial charge in [0.2, 0.25) is 0 Å². The Labute approximate surface area is 151 Å². The molecule has 3 rings (SSSR count). The molecule has 0 aliphatic heterocycles. The van der Waals surface area contributed by atoms with Gasteiger partial charge in [-0.25, -0.2) is 0 Å². The SMILES string of the molecule is CCc1cccc2c(/C=C(\C#N)C(=O)Nc3ccccc3OC)c[nH]c12. The van der Waals surface area contributed by atoms with Gasteiger partial charge in [-0.3, -0.25) is 4.79 Å². The Kier molecular flexibility index (Phi) is 5.04. The number of anilines is 1. The smallest absolute Gasteiger partial charge is 0.266 e. The Morgan fingerprint density at radius 1 is 1.27 bits per heavy atom. The van der Waals surface area contributed by atoms with E-state index in [0.29, 0.717) is 11.4 Å². The maximum Gasteiger partial charge on any atom is 0.266 e. The summed E-state index contributed by atoms with van der Waals surface area (Å²) in [7, 11) is 1.53. The summed E-state index contributed by atoms with van der Waals surface area (Å²) in [6.07, 6.45) is 4.32. The number of carbonyl (C=O) groups excluding carboxylic acids is 1. The van der Waals surface area contributed by atoms with Gasteiger partial charge >= 0.3 is 0 Å². The van der Waals surface area contributed by atoms with Crippen molar-refractivity contribution >= 4 is 28.6 Å². The molecule has 5 nitrogen and oxygen atoms in total. The highest BCUT2D eigenvalue weighted by Gasteiger charge is 2.13. The number of para-hydroxylation sites is 3. The zero-order valence-corrected chi connectivity index (χ0v) is 14.7. The molecule has 0 spiro atoms. The number of ether oxygens (including phenoxy) is 1. The van der Waals surface area contributed by atoms with E-state index in [1.807, 2.05) is 30.5 Å². The normalized spacial score (nSPS) is 11.2. The number of rotatable bonds is 5. The van der Waals surface area contributed by atoms with Gasteiger partial charge in [0.15, 0.2) is 0 Å². The van der Waals surface area contributed by atoms with E-state index in [1.165, 1.54) is 12.7 Å². The van der Waals surface area contributed by atoms with Crippen molar-refractivity contribution in [2.75, 3.05) is 12.4 Å². The molecule has 0 bridgehead atoms. The number of benzene rings is 2. The second kappa shape index (κ2) is 7.58. The van der Waals surface area contributed by atoms with Gasteiger partial charge in [0.25, 0.3) is 5.91 Å². The second-order valence-electron chi connectivity index (χ2n) is 5.76. The van der Waals surface area contributed by atoms with Gasteiger partial charge in [-0.2, -0.15) is 5.26 Å². The second-order valence-corrected chi connectivity index (χ2v) is 5.76. The lowest BCUT2D eigenvalue weighted by atomic mass is 10.1. The molecule has 3 aromatic rings. The summed E-state index contributed by atoms with van der Waals surface area (Å²) < 4.78 is 5.23. The summed E-state index contributed by atoms with van der Waals surface area (Å²) in [5.74, 6) is 0.0656. The average Bonchev–Trinajstić information content (AvgIpc) is 3.09. The first-order valence-corrected chi connectivity index (χ1v) is 8.33. The molecular weight excluding hydrogens is 326 g/mol. The standard InChI is InChI=1S/C21H19N3O2/c1-3-14-7-6-8-17-16(13-23-20(14)17)11-15(12-22)21(25)24-18-9-4-5-10-19(18)26-2/h4-11,13,23H,3H2,1-2H3,(H,24,25)/b15-11+. The largest absolute Gasteiger partial charge is 0.495 e. The lowest BCUT2D eigenvalue weighted by Gasteiger charge is -2.09. The van der Waals surface area contributed by atoms with Crippen LogP contribution in [0.4, 0.5) is 5.69 Å². The Morgan fingerprint density at radius 2 is 2.08 bits per heavy atom. The third-order valence-corrected chi connectivity index (χ3v) is 4.23. The summed E-state index contributed by atoms with van der Waals surface area (Å²) in [6, 6.07) is 15.1. The molecule has 0 saturated carbocycles. The molecule has 26 heavy (non-hydrogen) atoms. The van der Waals surface area contributed by atoms with E-state index in [1.54, 1.807) is 24.3 Å². The third kappa shape index (κ3) is 3.31. The molecule has 130 valence electrons. The minimum Gasteiger partial charge on any atom is -0.495 e. The van der Waals surface area contributed by atoms with Gasteiger partial charge in [0, 0.05) is 22.7 Å². The van der Waals surface area contributed by atoms with Crippen molar-refractivity contribution < 1.29 is 9.53 Å². The number of aromatic amines is 1. The van der Waals surface area contributed by atoms with E-state index in [9.17, 15) is 10.1 Å².